The Morgan fingerprint density at radius 1 is 1.50 bits per heavy atom. The monoisotopic (exact) mass is 214 g/mol. The lowest BCUT2D eigenvalue weighted by Crippen LogP contribution is -2.27. The van der Waals surface area contributed by atoms with E-state index >= 15 is 0 Å². The molecule has 0 aromatic rings. The molecule has 0 aromatic carbocycles. The van der Waals surface area contributed by atoms with Crippen LogP contribution in [0.3, 0.4) is 0 Å². The molecule has 0 aliphatic heterocycles. The number of Topliss-reactive ketones (excluding diaryl/α,β-unsaturated/α-hetero) is 1. The average Bonchev–Trinajstić information content (AvgIpc) is 2.12. The highest BCUT2D eigenvalue weighted by atomic mass is 28.3. The fourth-order valence-electron chi connectivity index (χ4n) is 0.884. The number of carbonyl (C=O) groups excluding carboxylic acids is 2. The minimum atomic E-state index is -1.65. The summed E-state index contributed by atoms with van der Waals surface area (Å²) in [5, 5.41) is 0. The number of hydrogen-bond acceptors (Lipinski definition) is 3. The summed E-state index contributed by atoms with van der Waals surface area (Å²) in [7, 11) is -1.65. The van der Waals surface area contributed by atoms with Crippen molar-refractivity contribution in [1.82, 2.24) is 0 Å². The molecule has 80 valence electrons. The van der Waals surface area contributed by atoms with Crippen LogP contribution in [0.5, 0.6) is 0 Å². The third kappa shape index (κ3) is 5.69. The maximum atomic E-state index is 10.7. The molecule has 0 bridgehead atoms. The van der Waals surface area contributed by atoms with Gasteiger partial charge in [0.05, 0.1) is 12.5 Å². The van der Waals surface area contributed by atoms with Crippen LogP contribution in [0.25, 0.3) is 0 Å². The van der Waals surface area contributed by atoms with E-state index in [1.165, 1.54) is 6.92 Å². The molecule has 0 N–H and O–H groups in total. The van der Waals surface area contributed by atoms with E-state index < -0.39 is 8.07 Å². The number of ether oxygens (including phenoxy) is 1. The lowest BCUT2D eigenvalue weighted by molar-refractivity contribution is -0.116. The molecular weight excluding hydrogens is 196 g/mol. The summed E-state index contributed by atoms with van der Waals surface area (Å²) in [5.74, 6) is 1.14. The molecule has 0 heterocycles. The van der Waals surface area contributed by atoms with E-state index in [4.69, 9.17) is 4.74 Å². The van der Waals surface area contributed by atoms with E-state index in [0.717, 1.165) is 18.4 Å². The number of hydrogen-bond donors (Lipinski definition) is 0. The van der Waals surface area contributed by atoms with E-state index in [1.807, 2.05) is 13.1 Å². The zero-order valence-electron chi connectivity index (χ0n) is 9.13. The Kier molecular flexibility index (Phi) is 5.38. The van der Waals surface area contributed by atoms with Gasteiger partial charge in [0.15, 0.2) is 11.5 Å². The van der Waals surface area contributed by atoms with Crippen molar-refractivity contribution in [1.29, 1.82) is 0 Å². The van der Waals surface area contributed by atoms with Crippen LogP contribution < -0.4 is 0 Å². The van der Waals surface area contributed by atoms with Crippen LogP contribution in [0.2, 0.25) is 19.1 Å². The smallest absolute Gasteiger partial charge is 0.193 e. The highest BCUT2D eigenvalue weighted by Crippen LogP contribution is 2.09. The minimum Gasteiger partial charge on any atom is -0.491 e. The van der Waals surface area contributed by atoms with Crippen molar-refractivity contribution in [3.63, 3.8) is 0 Å². The SMILES string of the molecule is C=C(OCCC[Si](C)(C)C=O)C(C)=O. The highest BCUT2D eigenvalue weighted by molar-refractivity contribution is 6.99. The normalized spacial score (nSPS) is 10.8. The highest BCUT2D eigenvalue weighted by Gasteiger charge is 2.19. The predicted molar refractivity (Wildman–Crippen MR) is 59.4 cm³/mol. The van der Waals surface area contributed by atoms with Gasteiger partial charge >= 0.3 is 0 Å². The fraction of sp³-hybridized carbons (Fsp3) is 0.600. The number of carbonyl (C=O) groups is 2. The molecule has 3 nitrogen and oxygen atoms in total. The Morgan fingerprint density at radius 2 is 2.07 bits per heavy atom. The Bertz CT molecular complexity index is 234. The zero-order valence-corrected chi connectivity index (χ0v) is 10.1. The lowest BCUT2D eigenvalue weighted by Gasteiger charge is -2.13. The van der Waals surface area contributed by atoms with Crippen LogP contribution >= 0.6 is 0 Å². The quantitative estimate of drug-likeness (QED) is 0.214. The van der Waals surface area contributed by atoms with Crippen LogP contribution in [0.1, 0.15) is 13.3 Å². The third-order valence-electron chi connectivity index (χ3n) is 1.95. The number of ketones is 1. The summed E-state index contributed by atoms with van der Waals surface area (Å²) >= 11 is 0. The molecule has 0 atom stereocenters. The van der Waals surface area contributed by atoms with Crippen molar-refractivity contribution in [2.45, 2.75) is 32.5 Å². The molecule has 0 spiro atoms. The summed E-state index contributed by atoms with van der Waals surface area (Å²) in [4.78, 5) is 21.3. The predicted octanol–water partition coefficient (Wildman–Crippen LogP) is 1.98. The van der Waals surface area contributed by atoms with Crippen LogP contribution in [0.4, 0.5) is 0 Å². The second-order valence-electron chi connectivity index (χ2n) is 4.04. The van der Waals surface area contributed by atoms with Crippen LogP contribution in [0, 0.1) is 0 Å². The van der Waals surface area contributed by atoms with Gasteiger partial charge in [0, 0.05) is 6.92 Å². The third-order valence-corrected chi connectivity index (χ3v) is 4.23. The molecule has 4 heteroatoms. The topological polar surface area (TPSA) is 43.4 Å². The van der Waals surface area contributed by atoms with Gasteiger partial charge in [-0.3, -0.25) is 4.79 Å². The lowest BCUT2D eigenvalue weighted by atomic mass is 10.4. The summed E-state index contributed by atoms with van der Waals surface area (Å²) < 4.78 is 5.11. The summed E-state index contributed by atoms with van der Waals surface area (Å²) in [6, 6.07) is 0.891. The first-order chi connectivity index (χ1) is 6.39. The molecule has 0 saturated carbocycles. The molecule has 0 aromatic heterocycles. The van der Waals surface area contributed by atoms with E-state index in [0.29, 0.717) is 6.61 Å². The molecular formula is C10H18O3Si. The molecule has 0 radical (unpaired) electrons. The van der Waals surface area contributed by atoms with Crippen molar-refractivity contribution in [3.05, 3.63) is 12.3 Å². The summed E-state index contributed by atoms with van der Waals surface area (Å²) in [5.41, 5.74) is 0. The minimum absolute atomic E-state index is 0.142. The number of rotatable bonds is 7. The molecule has 0 amide bonds. The van der Waals surface area contributed by atoms with Crippen LogP contribution in [0.15, 0.2) is 12.3 Å². The van der Waals surface area contributed by atoms with Gasteiger partial charge in [-0.25, -0.2) is 0 Å². The van der Waals surface area contributed by atoms with Gasteiger partial charge in [-0.15, -0.1) is 0 Å². The Labute approximate surface area is 86.2 Å². The van der Waals surface area contributed by atoms with Crippen molar-refractivity contribution >= 4 is 19.8 Å². The molecule has 0 saturated heterocycles. The Balaban J connectivity index is 3.62. The first-order valence-electron chi connectivity index (χ1n) is 4.68. The van der Waals surface area contributed by atoms with Crippen LogP contribution in [-0.4, -0.2) is 26.4 Å². The molecule has 0 aliphatic rings. The molecule has 14 heavy (non-hydrogen) atoms. The van der Waals surface area contributed by atoms with Crippen LogP contribution in [-0.2, 0) is 14.3 Å². The Morgan fingerprint density at radius 3 is 2.50 bits per heavy atom. The van der Waals surface area contributed by atoms with Gasteiger partial charge in [0.2, 0.25) is 0 Å². The molecule has 0 unspecified atom stereocenters. The van der Waals surface area contributed by atoms with Gasteiger partial charge in [0.1, 0.15) is 8.07 Å². The molecule has 0 aliphatic carbocycles. The van der Waals surface area contributed by atoms with Crippen molar-refractivity contribution in [2.75, 3.05) is 6.61 Å². The molecule has 0 fully saturated rings. The maximum Gasteiger partial charge on any atom is 0.193 e. The zero-order chi connectivity index (χ0) is 11.2. The second kappa shape index (κ2) is 5.75. The number of allylic oxidation sites excluding steroid dienone is 1. The maximum absolute atomic E-state index is 10.7. The van der Waals surface area contributed by atoms with Crippen molar-refractivity contribution < 1.29 is 14.3 Å². The first kappa shape index (κ1) is 13.1. The van der Waals surface area contributed by atoms with Gasteiger partial charge < -0.3 is 9.53 Å². The summed E-state index contributed by atoms with van der Waals surface area (Å²) in [6.45, 7) is 9.40. The largest absolute Gasteiger partial charge is 0.491 e. The van der Waals surface area contributed by atoms with E-state index in [1.54, 1.807) is 0 Å². The first-order valence-corrected chi connectivity index (χ1v) is 7.96. The summed E-state index contributed by atoms with van der Waals surface area (Å²) in [6.07, 6.45) is 0.810. The Hall–Kier alpha value is -0.903. The van der Waals surface area contributed by atoms with Gasteiger partial charge in [-0.05, 0) is 12.5 Å². The second-order valence-corrected chi connectivity index (χ2v) is 8.75. The molecule has 0 rings (SSSR count). The standard InChI is InChI=1S/C10H18O3Si/c1-9(12)10(2)13-6-5-7-14(3,4)8-11/h8H,2,5-7H2,1,3-4H3. The van der Waals surface area contributed by atoms with Gasteiger partial charge in [-0.2, -0.15) is 0 Å². The van der Waals surface area contributed by atoms with Gasteiger partial charge in [-0.1, -0.05) is 19.7 Å². The van der Waals surface area contributed by atoms with Crippen molar-refractivity contribution in [2.24, 2.45) is 0 Å². The van der Waals surface area contributed by atoms with Gasteiger partial charge in [0.25, 0.3) is 0 Å². The fourth-order valence-corrected chi connectivity index (χ4v) is 2.06. The van der Waals surface area contributed by atoms with E-state index in [2.05, 4.69) is 6.58 Å². The van der Waals surface area contributed by atoms with E-state index in [-0.39, 0.29) is 11.5 Å². The van der Waals surface area contributed by atoms with Crippen molar-refractivity contribution in [3.8, 4) is 0 Å². The van der Waals surface area contributed by atoms with E-state index in [9.17, 15) is 9.59 Å². The average molecular weight is 214 g/mol.